The van der Waals surface area contributed by atoms with Crippen molar-refractivity contribution in [1.29, 1.82) is 0 Å². The van der Waals surface area contributed by atoms with Gasteiger partial charge in [-0.3, -0.25) is 4.79 Å². The van der Waals surface area contributed by atoms with E-state index in [1.807, 2.05) is 24.3 Å². The van der Waals surface area contributed by atoms with Crippen LogP contribution in [-0.4, -0.2) is 30.1 Å². The number of carbonyl (C=O) groups is 1. The van der Waals surface area contributed by atoms with Crippen molar-refractivity contribution in [3.8, 4) is 0 Å². The van der Waals surface area contributed by atoms with Crippen molar-refractivity contribution in [1.82, 2.24) is 10.3 Å². The monoisotopic (exact) mass is 292 g/mol. The van der Waals surface area contributed by atoms with Gasteiger partial charge in [-0.05, 0) is 25.3 Å². The molecule has 1 fully saturated rings. The van der Waals surface area contributed by atoms with E-state index in [9.17, 15) is 4.79 Å². The Morgan fingerprint density at radius 2 is 2.25 bits per heavy atom. The molecule has 1 aliphatic heterocycles. The van der Waals surface area contributed by atoms with Gasteiger partial charge < -0.3 is 15.0 Å². The molecule has 0 unspecified atom stereocenters. The van der Waals surface area contributed by atoms with Crippen molar-refractivity contribution in [3.63, 3.8) is 0 Å². The van der Waals surface area contributed by atoms with E-state index in [1.165, 1.54) is 0 Å². The number of hydrogen-bond acceptors (Lipinski definition) is 2. The van der Waals surface area contributed by atoms with Gasteiger partial charge in [0, 0.05) is 24.1 Å². The maximum atomic E-state index is 12.2. The third-order valence-electron chi connectivity index (χ3n) is 3.63. The second-order valence-electron chi connectivity index (χ2n) is 5.06. The zero-order valence-corrected chi connectivity index (χ0v) is 11.9. The smallest absolute Gasteiger partial charge is 0.269 e. The summed E-state index contributed by atoms with van der Waals surface area (Å²) in [5.41, 5.74) is 1.29. The largest absolute Gasteiger partial charge is 0.376 e. The third kappa shape index (κ3) is 2.67. The molecule has 2 N–H and O–H groups in total. The topological polar surface area (TPSA) is 54.1 Å². The Morgan fingerprint density at radius 3 is 3.00 bits per heavy atom. The van der Waals surface area contributed by atoms with Crippen LogP contribution in [0.2, 0.25) is 5.02 Å². The molecule has 0 spiro atoms. The first-order chi connectivity index (χ1) is 9.75. The average Bonchev–Trinajstić information content (AvgIpc) is 2.84. The van der Waals surface area contributed by atoms with Gasteiger partial charge in [0.25, 0.3) is 5.91 Å². The maximum absolute atomic E-state index is 12.2. The molecule has 1 saturated heterocycles. The van der Waals surface area contributed by atoms with Gasteiger partial charge in [-0.2, -0.15) is 0 Å². The lowest BCUT2D eigenvalue weighted by Crippen LogP contribution is -2.35. The first-order valence-electron chi connectivity index (χ1n) is 6.91. The quantitative estimate of drug-likeness (QED) is 0.913. The number of fused-ring (bicyclic) bond motifs is 1. The predicted octanol–water partition coefficient (Wildman–Crippen LogP) is 3.12. The van der Waals surface area contributed by atoms with Crippen LogP contribution in [0.3, 0.4) is 0 Å². The molecule has 20 heavy (non-hydrogen) atoms. The van der Waals surface area contributed by atoms with Crippen LogP contribution in [-0.2, 0) is 4.74 Å². The SMILES string of the molecule is O=C(NC[C@H]1CCCCO1)c1[nH]c2ccccc2c1Cl. The lowest BCUT2D eigenvalue weighted by Gasteiger charge is -2.22. The minimum absolute atomic E-state index is 0.121. The number of H-pyrrole nitrogens is 1. The van der Waals surface area contributed by atoms with Crippen LogP contribution < -0.4 is 5.32 Å². The second-order valence-corrected chi connectivity index (χ2v) is 5.44. The highest BCUT2D eigenvalue weighted by atomic mass is 35.5. The van der Waals surface area contributed by atoms with Gasteiger partial charge in [-0.15, -0.1) is 0 Å². The van der Waals surface area contributed by atoms with Crippen LogP contribution in [0.4, 0.5) is 0 Å². The summed E-state index contributed by atoms with van der Waals surface area (Å²) >= 11 is 6.25. The van der Waals surface area contributed by atoms with Crippen LogP contribution >= 0.6 is 11.6 Å². The van der Waals surface area contributed by atoms with Crippen LogP contribution in [0.15, 0.2) is 24.3 Å². The third-order valence-corrected chi connectivity index (χ3v) is 4.03. The van der Waals surface area contributed by atoms with Gasteiger partial charge in [0.1, 0.15) is 5.69 Å². The number of benzene rings is 1. The Kier molecular flexibility index (Phi) is 3.94. The molecule has 2 aromatic rings. The Bertz CT molecular complexity index is 617. The summed E-state index contributed by atoms with van der Waals surface area (Å²) in [6, 6.07) is 7.61. The maximum Gasteiger partial charge on any atom is 0.269 e. The minimum atomic E-state index is -0.180. The number of amides is 1. The molecule has 0 bridgehead atoms. The summed E-state index contributed by atoms with van der Waals surface area (Å²) in [5, 5.41) is 4.23. The van der Waals surface area contributed by atoms with Crippen LogP contribution in [0.5, 0.6) is 0 Å². The molecular weight excluding hydrogens is 276 g/mol. The highest BCUT2D eigenvalue weighted by Gasteiger charge is 2.19. The summed E-state index contributed by atoms with van der Waals surface area (Å²) < 4.78 is 5.60. The number of nitrogens with one attached hydrogen (secondary N) is 2. The van der Waals surface area contributed by atoms with E-state index < -0.39 is 0 Å². The fourth-order valence-corrected chi connectivity index (χ4v) is 2.83. The molecule has 0 aliphatic carbocycles. The normalized spacial score (nSPS) is 19.1. The number of carbonyl (C=O) groups excluding carboxylic acids is 1. The number of aromatic amines is 1. The number of hydrogen-bond donors (Lipinski definition) is 2. The lowest BCUT2D eigenvalue weighted by molar-refractivity contribution is 0.0168. The van der Waals surface area contributed by atoms with Gasteiger partial charge in [-0.1, -0.05) is 29.8 Å². The van der Waals surface area contributed by atoms with Crippen molar-refractivity contribution in [2.24, 2.45) is 0 Å². The Labute approximate surface area is 122 Å². The van der Waals surface area contributed by atoms with Gasteiger partial charge in [0.05, 0.1) is 11.1 Å². The van der Waals surface area contributed by atoms with Crippen molar-refractivity contribution in [2.45, 2.75) is 25.4 Å². The van der Waals surface area contributed by atoms with Gasteiger partial charge >= 0.3 is 0 Å². The molecule has 2 heterocycles. The van der Waals surface area contributed by atoms with Crippen molar-refractivity contribution in [2.75, 3.05) is 13.2 Å². The van der Waals surface area contributed by atoms with Crippen molar-refractivity contribution in [3.05, 3.63) is 35.0 Å². The molecule has 1 aromatic carbocycles. The summed E-state index contributed by atoms with van der Waals surface area (Å²) in [4.78, 5) is 15.3. The van der Waals surface area contributed by atoms with E-state index in [-0.39, 0.29) is 12.0 Å². The Balaban J connectivity index is 1.70. The molecule has 1 aromatic heterocycles. The predicted molar refractivity (Wildman–Crippen MR) is 79.2 cm³/mol. The van der Waals surface area contributed by atoms with Crippen LogP contribution in [0, 0.1) is 0 Å². The molecule has 1 aliphatic rings. The molecule has 0 radical (unpaired) electrons. The molecule has 4 nitrogen and oxygen atoms in total. The zero-order chi connectivity index (χ0) is 13.9. The first kappa shape index (κ1) is 13.5. The molecule has 1 atom stereocenters. The lowest BCUT2D eigenvalue weighted by atomic mass is 10.1. The second kappa shape index (κ2) is 5.85. The number of para-hydroxylation sites is 1. The Hall–Kier alpha value is -1.52. The summed E-state index contributed by atoms with van der Waals surface area (Å²) in [6.45, 7) is 1.32. The van der Waals surface area contributed by atoms with Crippen LogP contribution in [0.25, 0.3) is 10.9 Å². The number of halogens is 1. The Morgan fingerprint density at radius 1 is 1.40 bits per heavy atom. The number of rotatable bonds is 3. The molecular formula is C15H17ClN2O2. The van der Waals surface area contributed by atoms with E-state index >= 15 is 0 Å². The van der Waals surface area contributed by atoms with E-state index in [0.717, 1.165) is 36.8 Å². The molecule has 1 amide bonds. The summed E-state index contributed by atoms with van der Waals surface area (Å²) in [5.74, 6) is -0.180. The molecule has 0 saturated carbocycles. The van der Waals surface area contributed by atoms with E-state index in [1.54, 1.807) is 0 Å². The first-order valence-corrected chi connectivity index (χ1v) is 7.29. The number of ether oxygens (including phenoxy) is 1. The van der Waals surface area contributed by atoms with Gasteiger partial charge in [0.15, 0.2) is 0 Å². The van der Waals surface area contributed by atoms with E-state index in [4.69, 9.17) is 16.3 Å². The van der Waals surface area contributed by atoms with Crippen molar-refractivity contribution >= 4 is 28.4 Å². The highest BCUT2D eigenvalue weighted by Crippen LogP contribution is 2.27. The standard InChI is InChI=1S/C15H17ClN2O2/c16-13-11-6-1-2-7-12(11)18-14(13)15(19)17-9-10-5-3-4-8-20-10/h1-2,6-7,10,18H,3-5,8-9H2,(H,17,19)/t10-/m1/s1. The molecule has 106 valence electrons. The zero-order valence-electron chi connectivity index (χ0n) is 11.1. The molecule has 5 heteroatoms. The van der Waals surface area contributed by atoms with Crippen LogP contribution in [0.1, 0.15) is 29.8 Å². The summed E-state index contributed by atoms with van der Waals surface area (Å²) in [6.07, 6.45) is 3.39. The van der Waals surface area contributed by atoms with E-state index in [2.05, 4.69) is 10.3 Å². The van der Waals surface area contributed by atoms with Gasteiger partial charge in [-0.25, -0.2) is 0 Å². The number of aromatic nitrogens is 1. The van der Waals surface area contributed by atoms with Gasteiger partial charge in [0.2, 0.25) is 0 Å². The summed E-state index contributed by atoms with van der Waals surface area (Å²) in [7, 11) is 0. The molecule has 3 rings (SSSR count). The van der Waals surface area contributed by atoms with E-state index in [0.29, 0.717) is 17.3 Å². The minimum Gasteiger partial charge on any atom is -0.376 e. The van der Waals surface area contributed by atoms with Crippen molar-refractivity contribution < 1.29 is 9.53 Å². The fourth-order valence-electron chi connectivity index (χ4n) is 2.53. The average molecular weight is 293 g/mol. The fraction of sp³-hybridized carbons (Fsp3) is 0.400. The highest BCUT2D eigenvalue weighted by molar-refractivity contribution is 6.38.